The summed E-state index contributed by atoms with van der Waals surface area (Å²) in [5.74, 6) is -0.0794. The molecule has 4 fully saturated rings. The zero-order valence-electron chi connectivity index (χ0n) is 22.9. The number of nitrogens with zero attached hydrogens (tertiary/aromatic N) is 1. The Labute approximate surface area is 222 Å². The van der Waals surface area contributed by atoms with Gasteiger partial charge in [0.25, 0.3) is 0 Å². The molecule has 2 atom stereocenters. The fourth-order valence-electron chi connectivity index (χ4n) is 9.20. The average Bonchev–Trinajstić information content (AvgIpc) is 3.37. The third kappa shape index (κ3) is 5.36. The van der Waals surface area contributed by atoms with Crippen LogP contribution in [0.4, 0.5) is 8.78 Å². The smallest absolute Gasteiger partial charge is 0.310 e. The van der Waals surface area contributed by atoms with Crippen molar-refractivity contribution >= 4 is 5.97 Å². The number of rotatable bonds is 7. The summed E-state index contributed by atoms with van der Waals surface area (Å²) in [7, 11) is 0. The molecule has 0 radical (unpaired) electrons. The van der Waals surface area contributed by atoms with Gasteiger partial charge in [0.05, 0.1) is 12.5 Å². The summed E-state index contributed by atoms with van der Waals surface area (Å²) in [6, 6.07) is 3.91. The van der Waals surface area contributed by atoms with Crippen LogP contribution in [0.25, 0.3) is 0 Å². The molecule has 1 aromatic rings. The molecule has 1 aliphatic heterocycles. The fraction of sp³-hybridized carbons (Fsp3) is 0.781. The Morgan fingerprint density at radius 2 is 1.35 bits per heavy atom. The molecule has 0 bridgehead atoms. The largest absolute Gasteiger partial charge is 0.466 e. The summed E-state index contributed by atoms with van der Waals surface area (Å²) in [6.07, 6.45) is 19.5. The van der Waals surface area contributed by atoms with Gasteiger partial charge in [-0.05, 0) is 74.8 Å². The van der Waals surface area contributed by atoms with E-state index >= 15 is 4.39 Å². The lowest BCUT2D eigenvalue weighted by molar-refractivity contribution is -0.148. The van der Waals surface area contributed by atoms with Gasteiger partial charge in [0.15, 0.2) is 0 Å². The first-order valence-corrected chi connectivity index (χ1v) is 15.4. The van der Waals surface area contributed by atoms with Crippen LogP contribution in [0.2, 0.25) is 0 Å². The Morgan fingerprint density at radius 1 is 0.838 bits per heavy atom. The van der Waals surface area contributed by atoms with Crippen molar-refractivity contribution in [2.45, 2.75) is 115 Å². The highest BCUT2D eigenvalue weighted by molar-refractivity contribution is 5.74. The maximum atomic E-state index is 15.2. The molecular weight excluding hydrogens is 468 g/mol. The number of ether oxygens (including phenoxy) is 1. The van der Waals surface area contributed by atoms with Crippen molar-refractivity contribution in [3.63, 3.8) is 0 Å². The van der Waals surface area contributed by atoms with E-state index in [-0.39, 0.29) is 17.4 Å². The van der Waals surface area contributed by atoms with Gasteiger partial charge in [0, 0.05) is 30.6 Å². The molecule has 3 aliphatic carbocycles. The van der Waals surface area contributed by atoms with Crippen LogP contribution >= 0.6 is 0 Å². The SMILES string of the molecule is CCOC(=O)[C@@H]1CN(C(C2CCCCC2)(C2CCCCC2)C2CCCCC2)C[C@H]1c1ccc(F)cc1F. The first kappa shape index (κ1) is 27.1. The van der Waals surface area contributed by atoms with E-state index in [2.05, 4.69) is 4.90 Å². The van der Waals surface area contributed by atoms with Crippen LogP contribution in [-0.2, 0) is 9.53 Å². The normalized spacial score (nSPS) is 27.4. The highest BCUT2D eigenvalue weighted by atomic mass is 19.1. The zero-order valence-corrected chi connectivity index (χ0v) is 22.9. The first-order valence-electron chi connectivity index (χ1n) is 15.4. The topological polar surface area (TPSA) is 29.5 Å². The third-order valence-electron chi connectivity index (χ3n) is 10.6. The Kier molecular flexibility index (Phi) is 8.89. The van der Waals surface area contributed by atoms with E-state index in [9.17, 15) is 9.18 Å². The highest BCUT2D eigenvalue weighted by Gasteiger charge is 2.57. The van der Waals surface area contributed by atoms with Gasteiger partial charge in [-0.1, -0.05) is 63.9 Å². The zero-order chi connectivity index (χ0) is 25.8. The minimum atomic E-state index is -0.565. The lowest BCUT2D eigenvalue weighted by Gasteiger charge is -2.59. The second-order valence-corrected chi connectivity index (χ2v) is 12.4. The van der Waals surface area contributed by atoms with Gasteiger partial charge in [-0.3, -0.25) is 9.69 Å². The van der Waals surface area contributed by atoms with Crippen molar-refractivity contribution in [2.24, 2.45) is 23.7 Å². The molecule has 4 aliphatic rings. The van der Waals surface area contributed by atoms with Gasteiger partial charge >= 0.3 is 5.97 Å². The summed E-state index contributed by atoms with van der Waals surface area (Å²) < 4.78 is 34.6. The van der Waals surface area contributed by atoms with Crippen molar-refractivity contribution in [3.05, 3.63) is 35.4 Å². The van der Waals surface area contributed by atoms with Crippen LogP contribution < -0.4 is 0 Å². The molecule has 1 aromatic carbocycles. The molecule has 3 saturated carbocycles. The van der Waals surface area contributed by atoms with Crippen molar-refractivity contribution in [2.75, 3.05) is 19.7 Å². The van der Waals surface area contributed by atoms with E-state index in [1.165, 1.54) is 102 Å². The van der Waals surface area contributed by atoms with Crippen molar-refractivity contribution in [1.29, 1.82) is 0 Å². The first-order chi connectivity index (χ1) is 18.1. The van der Waals surface area contributed by atoms with Crippen LogP contribution in [0, 0.1) is 35.3 Å². The minimum Gasteiger partial charge on any atom is -0.466 e. The molecule has 0 aromatic heterocycles. The molecule has 0 amide bonds. The Morgan fingerprint density at radius 3 is 1.81 bits per heavy atom. The van der Waals surface area contributed by atoms with Crippen molar-refractivity contribution < 1.29 is 18.3 Å². The van der Waals surface area contributed by atoms with Gasteiger partial charge in [0.1, 0.15) is 11.6 Å². The summed E-state index contributed by atoms with van der Waals surface area (Å²) >= 11 is 0. The summed E-state index contributed by atoms with van der Waals surface area (Å²) in [6.45, 7) is 3.49. The standard InChI is InChI=1S/C32H47F2NO2/c1-2-37-31(36)29-22-35(21-28(29)27-19-18-26(33)20-30(27)34)32(23-12-6-3-7-13-23,24-14-8-4-9-15-24)25-16-10-5-11-17-25/h18-20,23-25,28-29H,2-17,21-22H2,1H3/t28-,29+/m0/s1. The molecular formula is C32H47F2NO2. The second kappa shape index (κ2) is 12.1. The van der Waals surface area contributed by atoms with E-state index in [4.69, 9.17) is 4.74 Å². The average molecular weight is 516 g/mol. The molecule has 0 spiro atoms. The van der Waals surface area contributed by atoms with Gasteiger partial charge in [-0.2, -0.15) is 0 Å². The Balaban J connectivity index is 1.59. The Bertz CT molecular complexity index is 857. The summed E-state index contributed by atoms with van der Waals surface area (Å²) in [5, 5.41) is 0. The Hall–Kier alpha value is -1.49. The van der Waals surface area contributed by atoms with E-state index < -0.39 is 17.6 Å². The maximum Gasteiger partial charge on any atom is 0.310 e. The predicted octanol–water partition coefficient (Wildman–Crippen LogP) is 8.02. The van der Waals surface area contributed by atoms with E-state index in [0.717, 1.165) is 6.07 Å². The molecule has 206 valence electrons. The lowest BCUT2D eigenvalue weighted by atomic mass is 9.55. The fourth-order valence-corrected chi connectivity index (χ4v) is 9.20. The number of carbonyl (C=O) groups is 1. The molecule has 3 nitrogen and oxygen atoms in total. The number of halogens is 2. The minimum absolute atomic E-state index is 0.0806. The molecule has 0 unspecified atom stereocenters. The van der Waals surface area contributed by atoms with E-state index in [1.807, 2.05) is 6.92 Å². The van der Waals surface area contributed by atoms with Gasteiger partial charge in [0.2, 0.25) is 0 Å². The number of hydrogen-bond donors (Lipinski definition) is 0. The molecule has 1 heterocycles. The number of carbonyl (C=O) groups excluding carboxylic acids is 1. The number of benzene rings is 1. The van der Waals surface area contributed by atoms with Crippen LogP contribution in [0.3, 0.4) is 0 Å². The quantitative estimate of drug-likeness (QED) is 0.344. The third-order valence-corrected chi connectivity index (χ3v) is 10.6. The predicted molar refractivity (Wildman–Crippen MR) is 143 cm³/mol. The number of esters is 1. The van der Waals surface area contributed by atoms with Gasteiger partial charge in [-0.15, -0.1) is 0 Å². The number of hydrogen-bond acceptors (Lipinski definition) is 3. The summed E-state index contributed by atoms with van der Waals surface area (Å²) in [4.78, 5) is 16.1. The van der Waals surface area contributed by atoms with Crippen LogP contribution in [0.1, 0.15) is 115 Å². The van der Waals surface area contributed by atoms with Crippen LogP contribution in [-0.4, -0.2) is 36.1 Å². The maximum absolute atomic E-state index is 15.2. The second-order valence-electron chi connectivity index (χ2n) is 12.4. The molecule has 5 heteroatoms. The van der Waals surface area contributed by atoms with Crippen LogP contribution in [0.15, 0.2) is 18.2 Å². The van der Waals surface area contributed by atoms with Gasteiger partial charge in [-0.25, -0.2) is 8.78 Å². The molecule has 0 N–H and O–H groups in total. The summed E-state index contributed by atoms with van der Waals surface area (Å²) in [5.41, 5.74) is 0.559. The lowest BCUT2D eigenvalue weighted by Crippen LogP contribution is -2.63. The van der Waals surface area contributed by atoms with Gasteiger partial charge < -0.3 is 4.74 Å². The monoisotopic (exact) mass is 515 g/mol. The van der Waals surface area contributed by atoms with Crippen molar-refractivity contribution in [3.8, 4) is 0 Å². The highest BCUT2D eigenvalue weighted by Crippen LogP contribution is 2.56. The molecule has 37 heavy (non-hydrogen) atoms. The van der Waals surface area contributed by atoms with E-state index in [1.54, 1.807) is 6.07 Å². The van der Waals surface area contributed by atoms with Crippen molar-refractivity contribution in [1.82, 2.24) is 4.90 Å². The molecule has 5 rings (SSSR count). The molecule has 1 saturated heterocycles. The van der Waals surface area contributed by atoms with E-state index in [0.29, 0.717) is 43.0 Å². The number of likely N-dealkylation sites (tertiary alicyclic amines) is 1. The van der Waals surface area contributed by atoms with Crippen LogP contribution in [0.5, 0.6) is 0 Å².